The number of carbonyl (C=O) groups is 2. The number of ether oxygens (including phenoxy) is 1. The number of hydrogen-bond acceptors (Lipinski definition) is 6. The average Bonchev–Trinajstić information content (AvgIpc) is 2.96. The summed E-state index contributed by atoms with van der Waals surface area (Å²) in [6.45, 7) is 0.553. The van der Waals surface area contributed by atoms with Gasteiger partial charge in [-0.25, -0.2) is 13.2 Å². The van der Waals surface area contributed by atoms with Crippen LogP contribution in [0.15, 0.2) is 108 Å². The lowest BCUT2D eigenvalue weighted by Crippen LogP contribution is -2.28. The van der Waals surface area contributed by atoms with Crippen molar-refractivity contribution in [3.8, 4) is 5.75 Å². The fourth-order valence-corrected chi connectivity index (χ4v) is 5.35. The minimum atomic E-state index is -3.69. The van der Waals surface area contributed by atoms with Gasteiger partial charge >= 0.3 is 12.0 Å². The van der Waals surface area contributed by atoms with Crippen LogP contribution in [0.1, 0.15) is 29.0 Å². The number of rotatable bonds is 12. The van der Waals surface area contributed by atoms with Crippen molar-refractivity contribution in [1.29, 1.82) is 0 Å². The zero-order chi connectivity index (χ0) is 28.4. The first kappa shape index (κ1) is 28.3. The van der Waals surface area contributed by atoms with Crippen LogP contribution in [-0.4, -0.2) is 36.3 Å². The first-order valence-electron chi connectivity index (χ1n) is 12.6. The Bertz CT molecular complexity index is 1530. The number of hydrogen-bond donors (Lipinski definition) is 3. The van der Waals surface area contributed by atoms with Crippen LogP contribution in [0.2, 0.25) is 0 Å². The Morgan fingerprint density at radius 1 is 0.900 bits per heavy atom. The van der Waals surface area contributed by atoms with Gasteiger partial charge in [-0.15, -0.1) is 0 Å². The number of carboxylic acids is 1. The van der Waals surface area contributed by atoms with Gasteiger partial charge in [-0.3, -0.25) is 9.78 Å². The molecule has 4 rings (SSSR count). The molecule has 2 amide bonds. The van der Waals surface area contributed by atoms with Gasteiger partial charge in [0.15, 0.2) is 9.84 Å². The first-order chi connectivity index (χ1) is 19.3. The molecule has 0 aliphatic heterocycles. The lowest BCUT2D eigenvalue weighted by atomic mass is 9.97. The largest absolute Gasteiger partial charge is 0.489 e. The first-order valence-corrected chi connectivity index (χ1v) is 14.2. The van der Waals surface area contributed by atoms with Gasteiger partial charge in [-0.1, -0.05) is 48.5 Å². The summed E-state index contributed by atoms with van der Waals surface area (Å²) in [6.07, 6.45) is 3.31. The van der Waals surface area contributed by atoms with E-state index in [1.165, 1.54) is 12.1 Å². The van der Waals surface area contributed by atoms with E-state index in [-0.39, 0.29) is 29.7 Å². The number of benzene rings is 3. The number of amides is 2. The van der Waals surface area contributed by atoms with E-state index >= 15 is 0 Å². The molecule has 1 unspecified atom stereocenters. The second-order valence-corrected chi connectivity index (χ2v) is 11.1. The van der Waals surface area contributed by atoms with E-state index in [9.17, 15) is 23.1 Å². The van der Waals surface area contributed by atoms with Crippen LogP contribution in [0.5, 0.6) is 5.75 Å². The van der Waals surface area contributed by atoms with Crippen molar-refractivity contribution >= 4 is 27.5 Å². The van der Waals surface area contributed by atoms with Crippen molar-refractivity contribution in [1.82, 2.24) is 10.3 Å². The van der Waals surface area contributed by atoms with E-state index in [0.29, 0.717) is 23.5 Å². The quantitative estimate of drug-likeness (QED) is 0.222. The molecule has 0 radical (unpaired) electrons. The predicted molar refractivity (Wildman–Crippen MR) is 151 cm³/mol. The molecule has 0 aliphatic carbocycles. The highest BCUT2D eigenvalue weighted by Crippen LogP contribution is 2.24. The molecule has 40 heavy (non-hydrogen) atoms. The average molecular weight is 560 g/mol. The number of aromatic nitrogens is 1. The van der Waals surface area contributed by atoms with Gasteiger partial charge in [0.1, 0.15) is 12.4 Å². The Balaban J connectivity index is 1.29. The molecule has 3 aromatic carbocycles. The number of carbonyl (C=O) groups excluding carboxylic acids is 1. The molecule has 206 valence electrons. The van der Waals surface area contributed by atoms with E-state index in [2.05, 4.69) is 15.6 Å². The molecule has 0 fully saturated rings. The number of anilines is 1. The Labute approximate surface area is 232 Å². The second-order valence-electron chi connectivity index (χ2n) is 9.04. The summed E-state index contributed by atoms with van der Waals surface area (Å²) in [4.78, 5) is 28.0. The SMILES string of the molecule is O=C(NCc1cccnc1)Nc1cccc(COc2ccc(S(=O)(=O)CCC(C(=O)O)c3ccccc3)cc2)c1. The molecule has 0 aliphatic rings. The summed E-state index contributed by atoms with van der Waals surface area (Å²) < 4.78 is 31.5. The van der Waals surface area contributed by atoms with Gasteiger partial charge in [-0.2, -0.15) is 0 Å². The normalized spacial score (nSPS) is 11.8. The van der Waals surface area contributed by atoms with Crippen LogP contribution in [0.4, 0.5) is 10.5 Å². The van der Waals surface area contributed by atoms with Crippen molar-refractivity contribution in [2.24, 2.45) is 0 Å². The van der Waals surface area contributed by atoms with Gasteiger partial charge < -0.3 is 20.5 Å². The van der Waals surface area contributed by atoms with Crippen LogP contribution in [0.25, 0.3) is 0 Å². The van der Waals surface area contributed by atoms with Crippen molar-refractivity contribution in [3.05, 3.63) is 120 Å². The Morgan fingerprint density at radius 3 is 2.35 bits per heavy atom. The van der Waals surface area contributed by atoms with Gasteiger partial charge in [0.2, 0.25) is 0 Å². The van der Waals surface area contributed by atoms with Crippen LogP contribution < -0.4 is 15.4 Å². The minimum Gasteiger partial charge on any atom is -0.489 e. The summed E-state index contributed by atoms with van der Waals surface area (Å²) in [5.41, 5.74) is 2.86. The Morgan fingerprint density at radius 2 is 1.65 bits per heavy atom. The highest BCUT2D eigenvalue weighted by atomic mass is 32.2. The van der Waals surface area contributed by atoms with Gasteiger partial charge in [0.05, 0.1) is 16.6 Å². The van der Waals surface area contributed by atoms with Gasteiger partial charge in [0.25, 0.3) is 0 Å². The molecule has 3 N–H and O–H groups in total. The zero-order valence-electron chi connectivity index (χ0n) is 21.6. The maximum atomic E-state index is 12.9. The molecule has 0 spiro atoms. The second kappa shape index (κ2) is 13.4. The highest BCUT2D eigenvalue weighted by molar-refractivity contribution is 7.91. The van der Waals surface area contributed by atoms with Crippen molar-refractivity contribution in [2.75, 3.05) is 11.1 Å². The van der Waals surface area contributed by atoms with E-state index in [4.69, 9.17) is 4.74 Å². The lowest BCUT2D eigenvalue weighted by molar-refractivity contribution is -0.138. The molecule has 0 saturated carbocycles. The topological polar surface area (TPSA) is 135 Å². The predicted octanol–water partition coefficient (Wildman–Crippen LogP) is 5.01. The maximum absolute atomic E-state index is 12.9. The summed E-state index contributed by atoms with van der Waals surface area (Å²) >= 11 is 0. The highest BCUT2D eigenvalue weighted by Gasteiger charge is 2.24. The fourth-order valence-electron chi connectivity index (χ4n) is 4.02. The fraction of sp³-hybridized carbons (Fsp3) is 0.167. The number of urea groups is 1. The van der Waals surface area contributed by atoms with E-state index in [1.54, 1.807) is 79.1 Å². The molecule has 0 bridgehead atoms. The molecule has 1 heterocycles. The number of carboxylic acid groups (broad SMARTS) is 1. The Kier molecular flexibility index (Phi) is 9.48. The third-order valence-electron chi connectivity index (χ3n) is 6.12. The van der Waals surface area contributed by atoms with Crippen LogP contribution >= 0.6 is 0 Å². The number of nitrogens with zero attached hydrogens (tertiary/aromatic N) is 1. The molecule has 1 atom stereocenters. The van der Waals surface area contributed by atoms with E-state index in [0.717, 1.165) is 11.1 Å². The third-order valence-corrected chi connectivity index (χ3v) is 7.89. The third kappa shape index (κ3) is 8.15. The smallest absolute Gasteiger partial charge is 0.319 e. The van der Waals surface area contributed by atoms with E-state index in [1.807, 2.05) is 12.1 Å². The molecule has 9 nitrogen and oxygen atoms in total. The number of pyridine rings is 1. The summed E-state index contributed by atoms with van der Waals surface area (Å²) in [5.74, 6) is -1.79. The molecular weight excluding hydrogens is 530 g/mol. The molecule has 1 aromatic heterocycles. The molecule has 0 saturated heterocycles. The van der Waals surface area contributed by atoms with Crippen LogP contribution in [0, 0.1) is 0 Å². The molecule has 4 aromatic rings. The zero-order valence-corrected chi connectivity index (χ0v) is 22.4. The Hall–Kier alpha value is -4.70. The lowest BCUT2D eigenvalue weighted by Gasteiger charge is -2.13. The summed E-state index contributed by atoms with van der Waals surface area (Å²) in [6, 6.07) is 25.1. The molecule has 10 heteroatoms. The van der Waals surface area contributed by atoms with Crippen molar-refractivity contribution in [2.45, 2.75) is 30.4 Å². The number of sulfone groups is 1. The van der Waals surface area contributed by atoms with Crippen LogP contribution in [-0.2, 0) is 27.8 Å². The monoisotopic (exact) mass is 559 g/mol. The van der Waals surface area contributed by atoms with Crippen molar-refractivity contribution < 1.29 is 27.9 Å². The maximum Gasteiger partial charge on any atom is 0.319 e. The van der Waals surface area contributed by atoms with E-state index < -0.39 is 21.7 Å². The minimum absolute atomic E-state index is 0.0359. The number of nitrogens with one attached hydrogen (secondary N) is 2. The summed E-state index contributed by atoms with van der Waals surface area (Å²) in [5, 5.41) is 15.1. The van der Waals surface area contributed by atoms with Crippen molar-refractivity contribution in [3.63, 3.8) is 0 Å². The van der Waals surface area contributed by atoms with Gasteiger partial charge in [-0.05, 0) is 65.6 Å². The van der Waals surface area contributed by atoms with Gasteiger partial charge in [0, 0.05) is 24.6 Å². The summed E-state index contributed by atoms with van der Waals surface area (Å²) in [7, 11) is -3.69. The number of aliphatic carboxylic acids is 1. The van der Waals surface area contributed by atoms with Crippen LogP contribution in [0.3, 0.4) is 0 Å². The molecular formula is C30H29N3O6S. The standard InChI is InChI=1S/C30H29N3O6S/c34-29(35)28(24-8-2-1-3-9-24)15-17-40(37,38)27-13-11-26(12-14-27)39-21-22-6-4-10-25(18-22)33-30(36)32-20-23-7-5-16-31-19-23/h1-14,16,18-19,28H,15,17,20-21H2,(H,34,35)(H2,32,33,36).